The molecular weight excluding hydrogens is 541 g/mol. The number of nitrogens with one attached hydrogen (secondary N) is 3. The van der Waals surface area contributed by atoms with Gasteiger partial charge >= 0.3 is 29.6 Å². The number of aryl methyl sites for hydroxylation is 1. The van der Waals surface area contributed by atoms with Gasteiger partial charge in [0.15, 0.2) is 0 Å². The van der Waals surface area contributed by atoms with Crippen molar-refractivity contribution in [2.24, 2.45) is 0 Å². The van der Waals surface area contributed by atoms with Crippen LogP contribution in [0.25, 0.3) is 17.0 Å². The Kier molecular flexibility index (Phi) is 17.2. The first-order chi connectivity index (χ1) is 19.3. The molecule has 0 bridgehead atoms. The van der Waals surface area contributed by atoms with E-state index in [1.807, 2.05) is 30.3 Å². The van der Waals surface area contributed by atoms with Crippen LogP contribution in [-0.2, 0) is 27.3 Å². The summed E-state index contributed by atoms with van der Waals surface area (Å²) in [5.41, 5.74) is 7.85. The maximum atomic E-state index is 12.1. The Morgan fingerprint density at radius 2 is 1.73 bits per heavy atom. The van der Waals surface area contributed by atoms with Gasteiger partial charge in [0.1, 0.15) is 18.3 Å². The number of aromatic nitrogens is 1. The van der Waals surface area contributed by atoms with Crippen LogP contribution in [0.1, 0.15) is 33.6 Å². The molecule has 0 unspecified atom stereocenters. The number of aromatic amines is 1. The van der Waals surface area contributed by atoms with Crippen LogP contribution in [0.2, 0.25) is 0 Å². The van der Waals surface area contributed by atoms with Crippen LogP contribution >= 0.6 is 0 Å². The minimum atomic E-state index is -1.49. The Morgan fingerprint density at radius 3 is 2.41 bits per heavy atom. The summed E-state index contributed by atoms with van der Waals surface area (Å²) in [6.07, 6.45) is -2.35. The Bertz CT molecular complexity index is 1220. The van der Waals surface area contributed by atoms with Crippen molar-refractivity contribution >= 4 is 22.9 Å². The van der Waals surface area contributed by atoms with Crippen molar-refractivity contribution < 1.29 is 73.7 Å². The second-order valence-corrected chi connectivity index (χ2v) is 9.04. The van der Waals surface area contributed by atoms with Crippen LogP contribution in [0.4, 0.5) is 0 Å². The number of aliphatic hydroxyl groups is 4. The molecule has 41 heavy (non-hydrogen) atoms. The largest absolute Gasteiger partial charge is 1.00 e. The summed E-state index contributed by atoms with van der Waals surface area (Å²) in [4.78, 5) is 20.6. The fourth-order valence-corrected chi connectivity index (χ4v) is 4.28. The zero-order valence-electron chi connectivity index (χ0n) is 24.2. The van der Waals surface area contributed by atoms with Gasteiger partial charge in [-0.2, -0.15) is 7.11 Å². The number of fused-ring (bicyclic) bond motifs is 1. The number of benzene rings is 2. The smallest absolute Gasteiger partial charge is 0.857 e. The van der Waals surface area contributed by atoms with E-state index in [2.05, 4.69) is 40.9 Å². The molecule has 1 saturated heterocycles. The van der Waals surface area contributed by atoms with Crippen LogP contribution in [0.3, 0.4) is 0 Å². The Hall–Kier alpha value is -2.13. The molecule has 0 aliphatic carbocycles. The molecule has 1 aliphatic rings. The van der Waals surface area contributed by atoms with Crippen LogP contribution in [-0.4, -0.2) is 82.8 Å². The number of hydroxylamine groups is 1. The van der Waals surface area contributed by atoms with E-state index in [0.717, 1.165) is 44.9 Å². The first kappa shape index (κ1) is 36.9. The number of H-pyrrole nitrogens is 1. The van der Waals surface area contributed by atoms with Crippen LogP contribution in [0, 0.1) is 6.92 Å². The second kappa shape index (κ2) is 19.1. The number of ether oxygens (including phenoxy) is 1. The molecule has 0 saturated carbocycles. The van der Waals surface area contributed by atoms with Crippen molar-refractivity contribution in [1.82, 2.24) is 15.8 Å². The van der Waals surface area contributed by atoms with Gasteiger partial charge in [-0.05, 0) is 55.6 Å². The standard InChI is InChI=1S/C27H33N3O6.CH4O.CH3O.Na.3H2/c1-16-20(21-5-3-4-6-22(21)29-16)13-14-28-15-19-9-7-18(8-10-19)11-12-23(31)30-36-27-26(34)25(33)24(32)17(2)35-27;2*1-2;;;;/h3-12,17,24-29,32-34H,13-15H2,1-2H3,(H,30,31);2H,1H3;1H3;;3*1H/q;;-1;+1;;;/b12-11+;;;;;;/t17-,24+,25+,26-,27-;;;;;;/m0....../s1. The van der Waals surface area contributed by atoms with Crippen LogP contribution < -0.4 is 45.5 Å². The second-order valence-electron chi connectivity index (χ2n) is 9.04. The van der Waals surface area contributed by atoms with E-state index < -0.39 is 36.6 Å². The Morgan fingerprint density at radius 1 is 1.07 bits per heavy atom. The van der Waals surface area contributed by atoms with E-state index >= 15 is 0 Å². The van der Waals surface area contributed by atoms with Gasteiger partial charge in [0.25, 0.3) is 5.91 Å². The molecule has 4 rings (SSSR count). The fourth-order valence-electron chi connectivity index (χ4n) is 4.28. The summed E-state index contributed by atoms with van der Waals surface area (Å²) in [7, 11) is 1.75. The minimum absolute atomic E-state index is 0. The van der Waals surface area contributed by atoms with Gasteiger partial charge < -0.3 is 40.6 Å². The predicted octanol–water partition coefficient (Wildman–Crippen LogP) is -1.98. The first-order valence-electron chi connectivity index (χ1n) is 12.9. The molecule has 2 aromatic carbocycles. The van der Waals surface area contributed by atoms with E-state index in [1.165, 1.54) is 35.2 Å². The molecule has 1 fully saturated rings. The zero-order valence-corrected chi connectivity index (χ0v) is 26.2. The SMILES string of the molecule is CO.C[O-].Cc1[nH]c2ccccc2c1CCNCc1ccc(/C=C/C(=O)NO[C@@H]2O[C@@H](C)[C@@H](O)[C@@H](O)[C@@H]2O)cc1.[HH].[HH].[HH].[Na+]. The first-order valence-corrected chi connectivity index (χ1v) is 12.9. The van der Waals surface area contributed by atoms with Crippen molar-refractivity contribution in [2.45, 2.75) is 57.5 Å². The van der Waals surface area contributed by atoms with Crippen molar-refractivity contribution in [3.8, 4) is 0 Å². The quantitative estimate of drug-likeness (QED) is 0.0647. The van der Waals surface area contributed by atoms with Crippen molar-refractivity contribution in [1.29, 1.82) is 0 Å². The fraction of sp³-hybridized carbons (Fsp3) is 0.414. The summed E-state index contributed by atoms with van der Waals surface area (Å²) in [5, 5.41) is 49.4. The predicted molar refractivity (Wildman–Crippen MR) is 156 cm³/mol. The molecule has 0 radical (unpaired) electrons. The van der Waals surface area contributed by atoms with E-state index in [-0.39, 0.29) is 33.8 Å². The number of carbonyl (C=O) groups is 1. The number of aliphatic hydroxyl groups excluding tert-OH is 4. The molecular formula is C29H46N3NaO8. The van der Waals surface area contributed by atoms with Gasteiger partial charge in [0.2, 0.25) is 6.29 Å². The molecule has 11 nitrogen and oxygen atoms in total. The number of rotatable bonds is 9. The van der Waals surface area contributed by atoms with E-state index in [4.69, 9.17) is 19.8 Å². The zero-order chi connectivity index (χ0) is 29.7. The normalized spacial score (nSPS) is 21.7. The van der Waals surface area contributed by atoms with Crippen molar-refractivity contribution in [2.75, 3.05) is 20.8 Å². The summed E-state index contributed by atoms with van der Waals surface area (Å²) >= 11 is 0. The summed E-state index contributed by atoms with van der Waals surface area (Å²) in [6.45, 7) is 5.24. The van der Waals surface area contributed by atoms with Gasteiger partial charge in [0, 0.05) is 40.6 Å². The molecule has 12 heteroatoms. The third kappa shape index (κ3) is 10.6. The number of carbonyl (C=O) groups excluding carboxylic acids is 1. The average Bonchev–Trinajstić information content (AvgIpc) is 3.31. The third-order valence-corrected chi connectivity index (χ3v) is 6.40. The molecule has 3 aromatic rings. The molecule has 1 aromatic heterocycles. The number of hydrogen-bond acceptors (Lipinski definition) is 9. The average molecular weight is 588 g/mol. The molecule has 1 amide bonds. The molecule has 1 aliphatic heterocycles. The number of para-hydroxylation sites is 1. The van der Waals surface area contributed by atoms with Gasteiger partial charge in [-0.15, -0.1) is 0 Å². The number of amides is 1. The van der Waals surface area contributed by atoms with E-state index in [1.54, 1.807) is 6.08 Å². The molecule has 226 valence electrons. The van der Waals surface area contributed by atoms with Crippen LogP contribution in [0.5, 0.6) is 0 Å². The maximum absolute atomic E-state index is 12.1. The molecule has 7 N–H and O–H groups in total. The van der Waals surface area contributed by atoms with Crippen molar-refractivity contribution in [3.05, 3.63) is 77.0 Å². The topological polar surface area (TPSA) is 179 Å². The minimum Gasteiger partial charge on any atom is -0.857 e. The van der Waals surface area contributed by atoms with Gasteiger partial charge in [0.05, 0.1) is 6.10 Å². The molecule has 5 atom stereocenters. The third-order valence-electron chi connectivity index (χ3n) is 6.40. The van der Waals surface area contributed by atoms with Gasteiger partial charge in [-0.1, -0.05) is 42.5 Å². The number of hydrogen-bond donors (Lipinski definition) is 7. The van der Waals surface area contributed by atoms with E-state index in [0.29, 0.717) is 0 Å². The van der Waals surface area contributed by atoms with Gasteiger partial charge in [-0.25, -0.2) is 10.3 Å². The van der Waals surface area contributed by atoms with Crippen molar-refractivity contribution in [3.63, 3.8) is 0 Å². The van der Waals surface area contributed by atoms with Crippen LogP contribution in [0.15, 0.2) is 54.6 Å². The van der Waals surface area contributed by atoms with Gasteiger partial charge in [-0.3, -0.25) is 4.79 Å². The summed E-state index contributed by atoms with van der Waals surface area (Å²) in [5.74, 6) is -0.558. The Balaban J connectivity index is -0.00000202. The summed E-state index contributed by atoms with van der Waals surface area (Å²) in [6, 6.07) is 16.2. The van der Waals surface area contributed by atoms with E-state index in [9.17, 15) is 20.1 Å². The monoisotopic (exact) mass is 587 g/mol. The molecule has 0 spiro atoms. The maximum Gasteiger partial charge on any atom is 1.00 e. The summed E-state index contributed by atoms with van der Waals surface area (Å²) < 4.78 is 5.26. The Labute approximate surface area is 266 Å². The molecule has 2 heterocycles.